The van der Waals surface area contributed by atoms with E-state index in [2.05, 4.69) is 10.2 Å². The summed E-state index contributed by atoms with van der Waals surface area (Å²) in [6.07, 6.45) is -0.269. The number of aromatic nitrogens is 2. The Hall–Kier alpha value is -2.57. The number of ether oxygens (including phenoxy) is 1. The summed E-state index contributed by atoms with van der Waals surface area (Å²) in [5, 5.41) is 5.84. The van der Waals surface area contributed by atoms with Crippen molar-refractivity contribution in [3.63, 3.8) is 0 Å². The molecular weight excluding hydrogens is 262 g/mol. The van der Waals surface area contributed by atoms with Gasteiger partial charge in [0.15, 0.2) is 6.10 Å². The maximum absolute atomic E-state index is 11.9. The number of hydrogen-bond donors (Lipinski definition) is 1. The van der Waals surface area contributed by atoms with Crippen LogP contribution in [0.5, 0.6) is 0 Å². The molecule has 1 saturated heterocycles. The van der Waals surface area contributed by atoms with Crippen LogP contribution in [0.25, 0.3) is 0 Å². The molecule has 1 atom stereocenters. The Balaban J connectivity index is 1.85. The highest BCUT2D eigenvalue weighted by Crippen LogP contribution is 2.29. The van der Waals surface area contributed by atoms with E-state index >= 15 is 0 Å². The molecule has 0 saturated carbocycles. The number of benzene rings is 1. The molecule has 7 nitrogen and oxygen atoms in total. The van der Waals surface area contributed by atoms with Gasteiger partial charge in [-0.3, -0.25) is 4.90 Å². The van der Waals surface area contributed by atoms with E-state index in [4.69, 9.17) is 9.15 Å². The maximum Gasteiger partial charge on any atom is 0.434 e. The first-order valence-electron chi connectivity index (χ1n) is 6.30. The lowest BCUT2D eigenvalue weighted by Gasteiger charge is -2.13. The van der Waals surface area contributed by atoms with Crippen molar-refractivity contribution >= 4 is 11.8 Å². The topological polar surface area (TPSA) is 88.4 Å². The van der Waals surface area contributed by atoms with Gasteiger partial charge in [-0.25, -0.2) is 14.7 Å². The van der Waals surface area contributed by atoms with E-state index in [9.17, 15) is 9.59 Å². The van der Waals surface area contributed by atoms with Crippen molar-refractivity contribution in [1.82, 2.24) is 10.2 Å². The number of anilines is 1. The number of rotatable bonds is 3. The monoisotopic (exact) mass is 275 g/mol. The average Bonchev–Trinajstić information content (AvgIpc) is 3.05. The second-order valence-corrected chi connectivity index (χ2v) is 4.46. The van der Waals surface area contributed by atoms with E-state index in [0.717, 1.165) is 17.7 Å². The fourth-order valence-corrected chi connectivity index (χ4v) is 2.13. The molecule has 3 rings (SSSR count). The summed E-state index contributed by atoms with van der Waals surface area (Å²) in [5.74, 6) is -0.583. The van der Waals surface area contributed by atoms with Crippen LogP contribution in [-0.2, 0) is 11.2 Å². The van der Waals surface area contributed by atoms with Gasteiger partial charge in [0.25, 0.3) is 5.89 Å². The first-order valence-corrected chi connectivity index (χ1v) is 6.30. The summed E-state index contributed by atoms with van der Waals surface area (Å²) in [6, 6.07) is 7.66. The van der Waals surface area contributed by atoms with Crippen LogP contribution in [0.1, 0.15) is 24.5 Å². The van der Waals surface area contributed by atoms with Gasteiger partial charge >= 0.3 is 11.8 Å². The molecule has 2 aromatic rings. The number of aromatic amines is 1. The molecule has 1 aliphatic rings. The third-order valence-corrected chi connectivity index (χ3v) is 3.17. The number of nitrogens with one attached hydrogen (secondary N) is 1. The van der Waals surface area contributed by atoms with E-state index in [0.29, 0.717) is 0 Å². The smallest absolute Gasteiger partial charge is 0.434 e. The van der Waals surface area contributed by atoms with Crippen molar-refractivity contribution in [2.75, 3.05) is 11.4 Å². The Morgan fingerprint density at radius 3 is 3.00 bits per heavy atom. The SMILES string of the molecule is CCc1cccc(N2CC(c3n[nH]c(=O)o3)OC2=O)c1. The molecule has 104 valence electrons. The van der Waals surface area contributed by atoms with Gasteiger partial charge in [0, 0.05) is 5.69 Å². The first kappa shape index (κ1) is 12.5. The zero-order valence-electron chi connectivity index (χ0n) is 10.8. The molecule has 7 heteroatoms. The van der Waals surface area contributed by atoms with Gasteiger partial charge in [0.2, 0.25) is 0 Å². The van der Waals surface area contributed by atoms with Crippen molar-refractivity contribution in [2.45, 2.75) is 19.4 Å². The quantitative estimate of drug-likeness (QED) is 0.919. The minimum Gasteiger partial charge on any atom is -0.434 e. The molecule has 1 amide bonds. The van der Waals surface area contributed by atoms with Crippen LogP contribution in [0.15, 0.2) is 33.5 Å². The van der Waals surface area contributed by atoms with Gasteiger partial charge in [-0.05, 0) is 24.1 Å². The fourth-order valence-electron chi connectivity index (χ4n) is 2.13. The summed E-state index contributed by atoms with van der Waals surface area (Å²) >= 11 is 0. The number of carbonyl (C=O) groups is 1. The lowest BCUT2D eigenvalue weighted by Crippen LogP contribution is -2.23. The Kier molecular flexibility index (Phi) is 3.02. The van der Waals surface area contributed by atoms with Crippen molar-refractivity contribution in [2.24, 2.45) is 0 Å². The van der Waals surface area contributed by atoms with E-state index in [1.165, 1.54) is 4.90 Å². The standard InChI is InChI=1S/C13H13N3O4/c1-2-8-4-3-5-9(6-8)16-7-10(19-13(16)18)11-14-15-12(17)20-11/h3-6,10H,2,7H2,1H3,(H,15,17). The van der Waals surface area contributed by atoms with Gasteiger partial charge in [-0.15, -0.1) is 5.10 Å². The molecule has 1 aromatic heterocycles. The Bertz CT molecular complexity index is 691. The molecular formula is C13H13N3O4. The predicted octanol–water partition coefficient (Wildman–Crippen LogP) is 1.62. The van der Waals surface area contributed by atoms with Crippen molar-refractivity contribution in [3.05, 3.63) is 46.3 Å². The number of H-pyrrole nitrogens is 1. The highest BCUT2D eigenvalue weighted by atomic mass is 16.6. The van der Waals surface area contributed by atoms with E-state index in [1.807, 2.05) is 31.2 Å². The largest absolute Gasteiger partial charge is 0.434 e. The van der Waals surface area contributed by atoms with Crippen molar-refractivity contribution in [1.29, 1.82) is 0 Å². The van der Waals surface area contributed by atoms with Gasteiger partial charge in [0.05, 0.1) is 6.54 Å². The number of nitrogens with zero attached hydrogens (tertiary/aromatic N) is 2. The molecule has 1 unspecified atom stereocenters. The zero-order valence-corrected chi connectivity index (χ0v) is 10.8. The van der Waals surface area contributed by atoms with Crippen LogP contribution in [0.3, 0.4) is 0 Å². The fraction of sp³-hybridized carbons (Fsp3) is 0.308. The van der Waals surface area contributed by atoms with E-state index in [-0.39, 0.29) is 12.4 Å². The maximum atomic E-state index is 11.9. The van der Waals surface area contributed by atoms with Crippen LogP contribution < -0.4 is 10.7 Å². The summed E-state index contributed by atoms with van der Waals surface area (Å²) in [6.45, 7) is 2.31. The molecule has 1 N–H and O–H groups in total. The van der Waals surface area contributed by atoms with Crippen LogP contribution >= 0.6 is 0 Å². The minimum atomic E-state index is -0.674. The molecule has 1 aromatic carbocycles. The number of hydrogen-bond acceptors (Lipinski definition) is 5. The van der Waals surface area contributed by atoms with Gasteiger partial charge in [-0.1, -0.05) is 19.1 Å². The van der Waals surface area contributed by atoms with Crippen LogP contribution in [0.2, 0.25) is 0 Å². The van der Waals surface area contributed by atoms with E-state index < -0.39 is 18.0 Å². The van der Waals surface area contributed by atoms with Crippen molar-refractivity contribution < 1.29 is 13.9 Å². The Morgan fingerprint density at radius 2 is 2.30 bits per heavy atom. The summed E-state index contributed by atoms with van der Waals surface area (Å²) in [7, 11) is 0. The third-order valence-electron chi connectivity index (χ3n) is 3.17. The molecule has 1 aliphatic heterocycles. The zero-order chi connectivity index (χ0) is 14.1. The second-order valence-electron chi connectivity index (χ2n) is 4.46. The average molecular weight is 275 g/mol. The highest BCUT2D eigenvalue weighted by molar-refractivity contribution is 5.89. The third kappa shape index (κ3) is 2.18. The molecule has 1 fully saturated rings. The Morgan fingerprint density at radius 1 is 1.45 bits per heavy atom. The molecule has 0 bridgehead atoms. The predicted molar refractivity (Wildman–Crippen MR) is 69.5 cm³/mol. The summed E-state index contributed by atoms with van der Waals surface area (Å²) in [4.78, 5) is 24.3. The summed E-state index contributed by atoms with van der Waals surface area (Å²) in [5.41, 5.74) is 1.89. The second kappa shape index (κ2) is 4.84. The number of amides is 1. The highest BCUT2D eigenvalue weighted by Gasteiger charge is 2.36. The van der Waals surface area contributed by atoms with Crippen LogP contribution in [-0.4, -0.2) is 22.8 Å². The molecule has 0 spiro atoms. The van der Waals surface area contributed by atoms with Crippen molar-refractivity contribution in [3.8, 4) is 0 Å². The Labute approximate surface area is 114 Å². The van der Waals surface area contributed by atoms with E-state index in [1.54, 1.807) is 0 Å². The van der Waals surface area contributed by atoms with Crippen LogP contribution in [0, 0.1) is 0 Å². The van der Waals surface area contributed by atoms with Gasteiger partial charge in [0.1, 0.15) is 0 Å². The molecule has 0 radical (unpaired) electrons. The lowest BCUT2D eigenvalue weighted by atomic mass is 10.1. The number of aryl methyl sites for hydroxylation is 1. The molecule has 20 heavy (non-hydrogen) atoms. The normalized spacial score (nSPS) is 18.4. The van der Waals surface area contributed by atoms with Gasteiger partial charge in [-0.2, -0.15) is 0 Å². The van der Waals surface area contributed by atoms with Crippen LogP contribution in [0.4, 0.5) is 10.5 Å². The molecule has 0 aliphatic carbocycles. The summed E-state index contributed by atoms with van der Waals surface area (Å²) < 4.78 is 9.99. The lowest BCUT2D eigenvalue weighted by molar-refractivity contribution is 0.125. The minimum absolute atomic E-state index is 0.0810. The number of cyclic esters (lactones) is 1. The van der Waals surface area contributed by atoms with Gasteiger partial charge < -0.3 is 9.15 Å². The number of carbonyl (C=O) groups excluding carboxylic acids is 1. The molecule has 2 heterocycles. The first-order chi connectivity index (χ1) is 9.67.